The summed E-state index contributed by atoms with van der Waals surface area (Å²) < 4.78 is 0. The van der Waals surface area contributed by atoms with Crippen molar-refractivity contribution < 1.29 is 9.90 Å². The molecule has 0 aromatic heterocycles. The lowest BCUT2D eigenvalue weighted by molar-refractivity contribution is -0.126. The van der Waals surface area contributed by atoms with Crippen molar-refractivity contribution in [3.63, 3.8) is 0 Å². The third-order valence-corrected chi connectivity index (χ3v) is 3.89. The Hall–Kier alpha value is -0.610. The van der Waals surface area contributed by atoms with Crippen molar-refractivity contribution >= 4 is 5.91 Å². The minimum atomic E-state index is -0.412. The SMILES string of the molecule is CC(C)CC(O)CNC(=O)C1CC2CCC1N2. The zero-order chi connectivity index (χ0) is 12.4. The Morgan fingerprint density at radius 2 is 2.24 bits per heavy atom. The molecule has 2 rings (SSSR count). The van der Waals surface area contributed by atoms with E-state index in [1.54, 1.807) is 0 Å². The van der Waals surface area contributed by atoms with Gasteiger partial charge in [-0.25, -0.2) is 0 Å². The number of carbonyl (C=O) groups is 1. The summed E-state index contributed by atoms with van der Waals surface area (Å²) in [6.07, 6.45) is 3.64. The summed E-state index contributed by atoms with van der Waals surface area (Å²) in [6.45, 7) is 4.54. The van der Waals surface area contributed by atoms with Crippen LogP contribution in [0.2, 0.25) is 0 Å². The molecule has 0 radical (unpaired) electrons. The molecule has 0 saturated carbocycles. The highest BCUT2D eigenvalue weighted by Gasteiger charge is 2.42. The Kier molecular flexibility index (Phi) is 4.05. The van der Waals surface area contributed by atoms with Gasteiger partial charge in [0.1, 0.15) is 0 Å². The molecule has 0 aromatic carbocycles. The van der Waals surface area contributed by atoms with Crippen LogP contribution in [0.25, 0.3) is 0 Å². The number of aliphatic hydroxyl groups is 1. The number of fused-ring (bicyclic) bond motifs is 2. The zero-order valence-corrected chi connectivity index (χ0v) is 10.8. The van der Waals surface area contributed by atoms with Crippen LogP contribution in [-0.2, 0) is 4.79 Å². The largest absolute Gasteiger partial charge is 0.391 e. The van der Waals surface area contributed by atoms with Gasteiger partial charge in [-0.3, -0.25) is 4.79 Å². The highest BCUT2D eigenvalue weighted by Crippen LogP contribution is 2.33. The maximum absolute atomic E-state index is 12.0. The Bertz CT molecular complexity index is 281. The molecule has 0 aliphatic carbocycles. The zero-order valence-electron chi connectivity index (χ0n) is 10.8. The maximum atomic E-state index is 12.0. The normalized spacial score (nSPS) is 33.1. The molecule has 3 N–H and O–H groups in total. The third-order valence-electron chi connectivity index (χ3n) is 3.89. The van der Waals surface area contributed by atoms with Crippen LogP contribution in [0.5, 0.6) is 0 Å². The fourth-order valence-electron chi connectivity index (χ4n) is 3.09. The van der Waals surface area contributed by atoms with Crippen LogP contribution in [0.4, 0.5) is 0 Å². The topological polar surface area (TPSA) is 61.4 Å². The van der Waals surface area contributed by atoms with Gasteiger partial charge in [0.05, 0.1) is 12.0 Å². The molecule has 2 heterocycles. The smallest absolute Gasteiger partial charge is 0.224 e. The van der Waals surface area contributed by atoms with Crippen molar-refractivity contribution in [2.75, 3.05) is 6.54 Å². The van der Waals surface area contributed by atoms with Crippen molar-refractivity contribution in [2.24, 2.45) is 11.8 Å². The van der Waals surface area contributed by atoms with Crippen molar-refractivity contribution in [3.05, 3.63) is 0 Å². The molecule has 17 heavy (non-hydrogen) atoms. The summed E-state index contributed by atoms with van der Waals surface area (Å²) in [4.78, 5) is 12.0. The number of carbonyl (C=O) groups excluding carboxylic acids is 1. The number of nitrogens with one attached hydrogen (secondary N) is 2. The average Bonchev–Trinajstić information content (AvgIpc) is 2.86. The van der Waals surface area contributed by atoms with Gasteiger partial charge in [-0.05, 0) is 31.6 Å². The molecular weight excluding hydrogens is 216 g/mol. The van der Waals surface area contributed by atoms with Gasteiger partial charge in [-0.2, -0.15) is 0 Å². The van der Waals surface area contributed by atoms with E-state index in [1.165, 1.54) is 6.42 Å². The monoisotopic (exact) mass is 240 g/mol. The van der Waals surface area contributed by atoms with Crippen molar-refractivity contribution in [3.8, 4) is 0 Å². The predicted molar refractivity (Wildman–Crippen MR) is 66.5 cm³/mol. The molecule has 2 aliphatic rings. The standard InChI is InChI=1S/C13H24N2O2/c1-8(2)5-10(16)7-14-13(17)11-6-9-3-4-12(11)15-9/h8-12,15-16H,3-7H2,1-2H3,(H,14,17). The lowest BCUT2D eigenvalue weighted by Gasteiger charge is -2.21. The average molecular weight is 240 g/mol. The highest BCUT2D eigenvalue weighted by atomic mass is 16.3. The second-order valence-corrected chi connectivity index (χ2v) is 5.92. The first-order valence-corrected chi connectivity index (χ1v) is 6.78. The number of aliphatic hydroxyl groups excluding tert-OH is 1. The Labute approximate surface area is 103 Å². The lowest BCUT2D eigenvalue weighted by atomic mass is 9.88. The minimum absolute atomic E-state index is 0.118. The van der Waals surface area contributed by atoms with Crippen molar-refractivity contribution in [1.82, 2.24) is 10.6 Å². The quantitative estimate of drug-likeness (QED) is 0.661. The van der Waals surface area contributed by atoms with Crippen LogP contribution in [0.1, 0.15) is 39.5 Å². The molecule has 2 fully saturated rings. The van der Waals surface area contributed by atoms with E-state index >= 15 is 0 Å². The molecule has 4 unspecified atom stereocenters. The molecule has 0 spiro atoms. The van der Waals surface area contributed by atoms with Gasteiger partial charge in [0, 0.05) is 18.6 Å². The van der Waals surface area contributed by atoms with E-state index in [0.717, 1.165) is 19.3 Å². The molecular formula is C13H24N2O2. The summed E-state index contributed by atoms with van der Waals surface area (Å²) in [5, 5.41) is 16.1. The summed E-state index contributed by atoms with van der Waals surface area (Å²) in [5.41, 5.74) is 0. The Balaban J connectivity index is 1.71. The summed E-state index contributed by atoms with van der Waals surface area (Å²) >= 11 is 0. The maximum Gasteiger partial charge on any atom is 0.224 e. The first kappa shape index (κ1) is 12.8. The molecule has 0 aromatic rings. The number of amides is 1. The third kappa shape index (κ3) is 3.19. The lowest BCUT2D eigenvalue weighted by Crippen LogP contribution is -2.41. The van der Waals surface area contributed by atoms with Gasteiger partial charge >= 0.3 is 0 Å². The van der Waals surface area contributed by atoms with E-state index < -0.39 is 6.10 Å². The van der Waals surface area contributed by atoms with Crippen LogP contribution >= 0.6 is 0 Å². The summed E-state index contributed by atoms with van der Waals surface area (Å²) in [7, 11) is 0. The molecule has 1 amide bonds. The number of rotatable bonds is 5. The number of hydrogen-bond donors (Lipinski definition) is 3. The van der Waals surface area contributed by atoms with Gasteiger partial charge in [0.15, 0.2) is 0 Å². The highest BCUT2D eigenvalue weighted by molar-refractivity contribution is 5.80. The molecule has 4 heteroatoms. The first-order valence-electron chi connectivity index (χ1n) is 6.78. The molecule has 4 atom stereocenters. The van der Waals surface area contributed by atoms with Crippen LogP contribution in [-0.4, -0.2) is 35.7 Å². The minimum Gasteiger partial charge on any atom is -0.391 e. The van der Waals surface area contributed by atoms with E-state index in [2.05, 4.69) is 24.5 Å². The van der Waals surface area contributed by atoms with E-state index in [-0.39, 0.29) is 11.8 Å². The molecule has 4 nitrogen and oxygen atoms in total. The Morgan fingerprint density at radius 3 is 2.76 bits per heavy atom. The van der Waals surface area contributed by atoms with E-state index in [0.29, 0.717) is 24.5 Å². The van der Waals surface area contributed by atoms with Crippen LogP contribution in [0.3, 0.4) is 0 Å². The Morgan fingerprint density at radius 1 is 1.47 bits per heavy atom. The molecule has 98 valence electrons. The van der Waals surface area contributed by atoms with E-state index in [9.17, 15) is 9.90 Å². The fourth-order valence-corrected chi connectivity index (χ4v) is 3.09. The second kappa shape index (κ2) is 5.36. The van der Waals surface area contributed by atoms with Gasteiger partial charge in [0.25, 0.3) is 0 Å². The number of hydrogen-bond acceptors (Lipinski definition) is 3. The van der Waals surface area contributed by atoms with Crippen LogP contribution < -0.4 is 10.6 Å². The predicted octanol–water partition coefficient (Wildman–Crippen LogP) is 0.650. The van der Waals surface area contributed by atoms with Crippen molar-refractivity contribution in [2.45, 2.75) is 57.7 Å². The molecule has 2 bridgehead atoms. The van der Waals surface area contributed by atoms with E-state index in [4.69, 9.17) is 0 Å². The van der Waals surface area contributed by atoms with Crippen LogP contribution in [0.15, 0.2) is 0 Å². The fraction of sp³-hybridized carbons (Fsp3) is 0.923. The summed E-state index contributed by atoms with van der Waals surface area (Å²) in [6, 6.07) is 0.929. The van der Waals surface area contributed by atoms with Gasteiger partial charge in [0.2, 0.25) is 5.91 Å². The molecule has 2 saturated heterocycles. The molecule has 2 aliphatic heterocycles. The van der Waals surface area contributed by atoms with Crippen molar-refractivity contribution in [1.29, 1.82) is 0 Å². The van der Waals surface area contributed by atoms with Gasteiger partial charge < -0.3 is 15.7 Å². The summed E-state index contributed by atoms with van der Waals surface area (Å²) in [5.74, 6) is 0.707. The van der Waals surface area contributed by atoms with Crippen LogP contribution in [0, 0.1) is 11.8 Å². The first-order chi connectivity index (χ1) is 8.06. The second-order valence-electron chi connectivity index (χ2n) is 5.92. The van der Waals surface area contributed by atoms with Gasteiger partial charge in [-0.1, -0.05) is 13.8 Å². The van der Waals surface area contributed by atoms with Gasteiger partial charge in [-0.15, -0.1) is 0 Å². The van der Waals surface area contributed by atoms with E-state index in [1.807, 2.05) is 0 Å².